The summed E-state index contributed by atoms with van der Waals surface area (Å²) in [7, 11) is 0. The molecule has 1 aromatic carbocycles. The van der Waals surface area contributed by atoms with Crippen molar-refractivity contribution >= 4 is 0 Å². The van der Waals surface area contributed by atoms with Crippen LogP contribution in [0.25, 0.3) is 0 Å². The predicted molar refractivity (Wildman–Crippen MR) is 40.3 cm³/mol. The Morgan fingerprint density at radius 2 is 2.08 bits per heavy atom. The maximum atomic E-state index is 12.8. The second kappa shape index (κ2) is 4.25. The Labute approximate surface area is 73.1 Å². The van der Waals surface area contributed by atoms with Crippen LogP contribution in [0, 0.1) is 5.82 Å². The third-order valence-corrected chi connectivity index (χ3v) is 1.56. The molecule has 1 aromatic rings. The van der Waals surface area contributed by atoms with Crippen LogP contribution in [0.15, 0.2) is 18.2 Å². The fourth-order valence-electron chi connectivity index (χ4n) is 0.931. The Balaban J connectivity index is 2.97. The van der Waals surface area contributed by atoms with Gasteiger partial charge < -0.3 is 0 Å². The minimum absolute atomic E-state index is 0.0281. The lowest BCUT2D eigenvalue weighted by molar-refractivity contribution is 0.120. The van der Waals surface area contributed by atoms with Crippen LogP contribution in [0.1, 0.15) is 17.6 Å². The molecule has 0 unspecified atom stereocenters. The van der Waals surface area contributed by atoms with Crippen LogP contribution in [0.4, 0.5) is 13.2 Å². The lowest BCUT2D eigenvalue weighted by Gasteiger charge is -2.04. The van der Waals surface area contributed by atoms with Crippen molar-refractivity contribution in [1.82, 2.24) is 0 Å². The van der Waals surface area contributed by atoms with Gasteiger partial charge in [0.05, 0.1) is 6.61 Å². The molecule has 0 heterocycles. The molecular formula is C8H8F3NO. The van der Waals surface area contributed by atoms with Gasteiger partial charge in [0.15, 0.2) is 0 Å². The molecule has 0 radical (unpaired) electrons. The van der Waals surface area contributed by atoms with Crippen molar-refractivity contribution in [3.63, 3.8) is 0 Å². The minimum Gasteiger partial charge on any atom is -0.300 e. The SMILES string of the molecule is NOCc1cc(C(F)F)ccc1F. The lowest BCUT2D eigenvalue weighted by atomic mass is 10.1. The van der Waals surface area contributed by atoms with E-state index in [9.17, 15) is 13.2 Å². The van der Waals surface area contributed by atoms with E-state index in [1.165, 1.54) is 0 Å². The predicted octanol–water partition coefficient (Wildman–Crippen LogP) is 2.15. The smallest absolute Gasteiger partial charge is 0.263 e. The van der Waals surface area contributed by atoms with E-state index in [0.29, 0.717) is 0 Å². The van der Waals surface area contributed by atoms with E-state index in [4.69, 9.17) is 5.90 Å². The Hall–Kier alpha value is -1.07. The zero-order valence-electron chi connectivity index (χ0n) is 6.64. The molecule has 0 aliphatic carbocycles. The first-order valence-electron chi connectivity index (χ1n) is 3.53. The van der Waals surface area contributed by atoms with Crippen molar-refractivity contribution < 1.29 is 18.0 Å². The third kappa shape index (κ3) is 2.43. The summed E-state index contributed by atoms with van der Waals surface area (Å²) in [4.78, 5) is 4.16. The molecule has 1 rings (SSSR count). The van der Waals surface area contributed by atoms with Crippen molar-refractivity contribution in [2.45, 2.75) is 13.0 Å². The Morgan fingerprint density at radius 1 is 1.38 bits per heavy atom. The van der Waals surface area contributed by atoms with Gasteiger partial charge in [-0.1, -0.05) is 6.07 Å². The molecule has 0 aliphatic rings. The molecule has 0 amide bonds. The van der Waals surface area contributed by atoms with Crippen LogP contribution in [0.5, 0.6) is 0 Å². The second-order valence-corrected chi connectivity index (χ2v) is 2.46. The Kier molecular flexibility index (Phi) is 3.27. The number of hydrogen-bond acceptors (Lipinski definition) is 2. The molecule has 0 aliphatic heterocycles. The van der Waals surface area contributed by atoms with Crippen molar-refractivity contribution in [1.29, 1.82) is 0 Å². The quantitative estimate of drug-likeness (QED) is 0.743. The van der Waals surface area contributed by atoms with Gasteiger partial charge in [-0.25, -0.2) is 19.1 Å². The van der Waals surface area contributed by atoms with Gasteiger partial charge >= 0.3 is 0 Å². The van der Waals surface area contributed by atoms with E-state index in [2.05, 4.69) is 4.84 Å². The summed E-state index contributed by atoms with van der Waals surface area (Å²) in [6.07, 6.45) is -2.61. The molecule has 0 spiro atoms. The highest BCUT2D eigenvalue weighted by molar-refractivity contribution is 5.25. The maximum absolute atomic E-state index is 12.8. The zero-order chi connectivity index (χ0) is 9.84. The van der Waals surface area contributed by atoms with Crippen molar-refractivity contribution in [2.24, 2.45) is 5.90 Å². The number of rotatable bonds is 3. The lowest BCUT2D eigenvalue weighted by Crippen LogP contribution is -2.02. The van der Waals surface area contributed by atoms with Crippen molar-refractivity contribution in [2.75, 3.05) is 0 Å². The van der Waals surface area contributed by atoms with Gasteiger partial charge in [0.2, 0.25) is 0 Å². The van der Waals surface area contributed by atoms with E-state index in [1.54, 1.807) is 0 Å². The van der Waals surface area contributed by atoms with Gasteiger partial charge in [-0.15, -0.1) is 0 Å². The molecule has 0 saturated carbocycles. The van der Waals surface area contributed by atoms with Gasteiger partial charge in [0.1, 0.15) is 5.82 Å². The first kappa shape index (κ1) is 10.0. The van der Waals surface area contributed by atoms with E-state index in [1.807, 2.05) is 0 Å². The summed E-state index contributed by atoms with van der Waals surface area (Å²) in [6.45, 7) is -0.216. The zero-order valence-corrected chi connectivity index (χ0v) is 6.64. The molecule has 0 atom stereocenters. The van der Waals surface area contributed by atoms with Crippen molar-refractivity contribution in [3.8, 4) is 0 Å². The topological polar surface area (TPSA) is 35.2 Å². The van der Waals surface area contributed by atoms with Gasteiger partial charge in [-0.2, -0.15) is 0 Å². The molecule has 5 heteroatoms. The van der Waals surface area contributed by atoms with Gasteiger partial charge in [0, 0.05) is 11.1 Å². The van der Waals surface area contributed by atoms with Gasteiger partial charge in [-0.3, -0.25) is 4.84 Å². The van der Waals surface area contributed by atoms with Crippen LogP contribution in [0.2, 0.25) is 0 Å². The number of halogens is 3. The third-order valence-electron chi connectivity index (χ3n) is 1.56. The highest BCUT2D eigenvalue weighted by Crippen LogP contribution is 2.21. The van der Waals surface area contributed by atoms with Crippen molar-refractivity contribution in [3.05, 3.63) is 35.1 Å². The van der Waals surface area contributed by atoms with Crippen LogP contribution in [-0.2, 0) is 11.4 Å². The average Bonchev–Trinajstić information content (AvgIpc) is 2.08. The maximum Gasteiger partial charge on any atom is 0.263 e. The molecule has 0 saturated heterocycles. The number of benzene rings is 1. The Bertz CT molecular complexity index is 291. The summed E-state index contributed by atoms with van der Waals surface area (Å²) in [5.41, 5.74) is -0.214. The van der Waals surface area contributed by atoms with Crippen LogP contribution in [-0.4, -0.2) is 0 Å². The van der Waals surface area contributed by atoms with E-state index < -0.39 is 12.2 Å². The van der Waals surface area contributed by atoms with Crippen LogP contribution >= 0.6 is 0 Å². The summed E-state index contributed by atoms with van der Waals surface area (Å²) < 4.78 is 37.1. The fraction of sp³-hybridized carbons (Fsp3) is 0.250. The van der Waals surface area contributed by atoms with Crippen LogP contribution < -0.4 is 5.90 Å². The first-order chi connectivity index (χ1) is 6.15. The molecular weight excluding hydrogens is 183 g/mol. The van der Waals surface area contributed by atoms with E-state index >= 15 is 0 Å². The summed E-state index contributed by atoms with van der Waals surface area (Å²) in [5.74, 6) is 4.10. The second-order valence-electron chi connectivity index (χ2n) is 2.46. The number of alkyl halides is 2. The molecule has 72 valence electrons. The summed E-state index contributed by atoms with van der Waals surface area (Å²) in [5, 5.41) is 0. The first-order valence-corrected chi connectivity index (χ1v) is 3.53. The normalized spacial score (nSPS) is 10.8. The molecule has 13 heavy (non-hydrogen) atoms. The molecule has 2 nitrogen and oxygen atoms in total. The van der Waals surface area contributed by atoms with Gasteiger partial charge in [-0.05, 0) is 12.1 Å². The average molecular weight is 191 g/mol. The Morgan fingerprint density at radius 3 is 2.62 bits per heavy atom. The largest absolute Gasteiger partial charge is 0.300 e. The molecule has 0 bridgehead atoms. The highest BCUT2D eigenvalue weighted by atomic mass is 19.3. The van der Waals surface area contributed by atoms with Crippen LogP contribution in [0.3, 0.4) is 0 Å². The number of hydrogen-bond donors (Lipinski definition) is 1. The minimum atomic E-state index is -2.61. The molecule has 0 aromatic heterocycles. The monoisotopic (exact) mass is 191 g/mol. The fourth-order valence-corrected chi connectivity index (χ4v) is 0.931. The van der Waals surface area contributed by atoms with Gasteiger partial charge in [0.25, 0.3) is 6.43 Å². The van der Waals surface area contributed by atoms with E-state index in [0.717, 1.165) is 18.2 Å². The molecule has 2 N–H and O–H groups in total. The summed E-state index contributed by atoms with van der Waals surface area (Å²) >= 11 is 0. The standard InChI is InChI=1S/C8H8F3NO/c9-7-2-1-5(8(10)11)3-6(7)4-13-12/h1-3,8H,4,12H2. The van der Waals surface area contributed by atoms with E-state index in [-0.39, 0.29) is 17.7 Å². The number of nitrogens with two attached hydrogens (primary N) is 1. The highest BCUT2D eigenvalue weighted by Gasteiger charge is 2.10. The molecule has 0 fully saturated rings. The summed E-state index contributed by atoms with van der Waals surface area (Å²) in [6, 6.07) is 3.03.